The SMILES string of the molecule is COc1ncc(-c2cn(COCC[Si](C)(C)C)c3ncnc(N[C@@H](C)c4nn5ccc(C)c5c(=O)n4-c4ccccc4)c23)cc1NC(N)=O. The van der Waals surface area contributed by atoms with E-state index in [0.29, 0.717) is 51.7 Å². The quantitative estimate of drug-likeness (QED) is 0.110. The Kier molecular flexibility index (Phi) is 9.21. The van der Waals surface area contributed by atoms with Gasteiger partial charge in [-0.3, -0.25) is 9.36 Å². The van der Waals surface area contributed by atoms with Crippen LogP contribution in [-0.2, 0) is 11.5 Å². The van der Waals surface area contributed by atoms with Gasteiger partial charge >= 0.3 is 6.03 Å². The van der Waals surface area contributed by atoms with E-state index >= 15 is 0 Å². The predicted molar refractivity (Wildman–Crippen MR) is 192 cm³/mol. The van der Waals surface area contributed by atoms with Crippen LogP contribution in [0.1, 0.15) is 24.4 Å². The summed E-state index contributed by atoms with van der Waals surface area (Å²) >= 11 is 0. The van der Waals surface area contributed by atoms with E-state index in [0.717, 1.165) is 17.2 Å². The number of anilines is 2. The van der Waals surface area contributed by atoms with Crippen LogP contribution < -0.4 is 26.7 Å². The number of pyridine rings is 1. The van der Waals surface area contributed by atoms with Gasteiger partial charge in [0.2, 0.25) is 5.88 Å². The topological polar surface area (TPSA) is 169 Å². The molecule has 0 aliphatic rings. The zero-order valence-electron chi connectivity index (χ0n) is 28.4. The Labute approximate surface area is 283 Å². The monoisotopic (exact) mass is 680 g/mol. The number of aryl methyl sites for hydroxylation is 1. The smallest absolute Gasteiger partial charge is 0.316 e. The predicted octanol–water partition coefficient (Wildman–Crippen LogP) is 5.58. The fraction of sp³-hybridized carbons (Fsp3) is 0.294. The Morgan fingerprint density at radius 2 is 1.88 bits per heavy atom. The molecule has 0 aliphatic heterocycles. The zero-order chi connectivity index (χ0) is 34.9. The molecule has 0 spiro atoms. The van der Waals surface area contributed by atoms with Crippen LogP contribution in [0.5, 0.6) is 5.88 Å². The fourth-order valence-corrected chi connectivity index (χ4v) is 6.44. The Morgan fingerprint density at radius 1 is 1.10 bits per heavy atom. The van der Waals surface area contributed by atoms with Gasteiger partial charge in [0.25, 0.3) is 5.56 Å². The number of fused-ring (bicyclic) bond motifs is 2. The van der Waals surface area contributed by atoms with E-state index in [1.54, 1.807) is 27.5 Å². The van der Waals surface area contributed by atoms with E-state index in [1.165, 1.54) is 13.4 Å². The Bertz CT molecular complexity index is 2200. The number of ether oxygens (including phenoxy) is 2. The molecule has 0 fully saturated rings. The molecule has 49 heavy (non-hydrogen) atoms. The van der Waals surface area contributed by atoms with Crippen molar-refractivity contribution in [2.45, 2.75) is 52.3 Å². The van der Waals surface area contributed by atoms with Gasteiger partial charge in [-0.25, -0.2) is 24.3 Å². The summed E-state index contributed by atoms with van der Waals surface area (Å²) in [5.41, 5.74) is 9.63. The van der Waals surface area contributed by atoms with Gasteiger partial charge in [0.05, 0.1) is 24.2 Å². The van der Waals surface area contributed by atoms with E-state index in [2.05, 4.69) is 45.2 Å². The third-order valence-corrected chi connectivity index (χ3v) is 9.87. The standard InChI is InChI=1S/C34H40N10O4Si/c1-21-12-13-43-28(21)33(45)44(24-10-8-7-9-11-24)30(41-43)22(2)39-29-27-25(23-16-26(40-34(35)46)32(47-3)36-17-23)18-42(31(27)38-19-37-29)20-48-14-15-49(4,5)6/h7-13,16-19,22H,14-15,20H2,1-6H3,(H3,35,40,46)(H,37,38,39)/t22-/m0/s1. The molecule has 6 rings (SSSR count). The van der Waals surface area contributed by atoms with Crippen molar-refractivity contribution in [2.24, 2.45) is 5.73 Å². The van der Waals surface area contributed by atoms with Gasteiger partial charge in [-0.05, 0) is 49.7 Å². The molecule has 1 atom stereocenters. The van der Waals surface area contributed by atoms with Gasteiger partial charge in [0, 0.05) is 44.4 Å². The maximum absolute atomic E-state index is 14.0. The van der Waals surface area contributed by atoms with Crippen molar-refractivity contribution in [1.29, 1.82) is 0 Å². The molecule has 14 nitrogen and oxygen atoms in total. The summed E-state index contributed by atoms with van der Waals surface area (Å²) in [4.78, 5) is 39.5. The number of para-hydroxylation sites is 1. The van der Waals surface area contributed by atoms with E-state index in [-0.39, 0.29) is 18.2 Å². The average molecular weight is 681 g/mol. The number of rotatable bonds is 12. The van der Waals surface area contributed by atoms with Crippen molar-refractivity contribution in [2.75, 3.05) is 24.4 Å². The number of nitrogens with one attached hydrogen (secondary N) is 2. The van der Waals surface area contributed by atoms with E-state index in [9.17, 15) is 9.59 Å². The molecule has 1 aromatic carbocycles. The first-order chi connectivity index (χ1) is 23.4. The Hall–Kier alpha value is -5.54. The molecule has 0 radical (unpaired) electrons. The van der Waals surface area contributed by atoms with Gasteiger partial charge in [0.1, 0.15) is 35.7 Å². The minimum atomic E-state index is -1.30. The summed E-state index contributed by atoms with van der Waals surface area (Å²) in [5.74, 6) is 1.21. The highest BCUT2D eigenvalue weighted by Gasteiger charge is 2.24. The first-order valence-electron chi connectivity index (χ1n) is 15.9. The number of urea groups is 1. The van der Waals surface area contributed by atoms with E-state index in [1.807, 2.05) is 61.0 Å². The average Bonchev–Trinajstić information content (AvgIpc) is 3.63. The van der Waals surface area contributed by atoms with Crippen molar-refractivity contribution in [1.82, 2.24) is 33.7 Å². The lowest BCUT2D eigenvalue weighted by atomic mass is 10.1. The van der Waals surface area contributed by atoms with Gasteiger partial charge in [-0.15, -0.1) is 0 Å². The second-order valence-electron chi connectivity index (χ2n) is 13.0. The second-order valence-corrected chi connectivity index (χ2v) is 18.7. The minimum Gasteiger partial charge on any atom is -0.480 e. The molecular formula is C34H40N10O4Si. The van der Waals surface area contributed by atoms with Crippen LogP contribution in [-0.4, -0.2) is 61.5 Å². The Balaban J connectivity index is 1.47. The van der Waals surface area contributed by atoms with Crippen molar-refractivity contribution < 1.29 is 14.3 Å². The molecule has 0 saturated carbocycles. The molecular weight excluding hydrogens is 641 g/mol. The van der Waals surface area contributed by atoms with Crippen LogP contribution in [0, 0.1) is 6.92 Å². The summed E-state index contributed by atoms with van der Waals surface area (Å²) in [6.45, 7) is 11.6. The molecule has 6 aromatic rings. The maximum atomic E-state index is 14.0. The third kappa shape index (κ3) is 6.89. The number of primary amides is 1. The highest BCUT2D eigenvalue weighted by atomic mass is 28.3. The number of benzene rings is 1. The molecule has 0 bridgehead atoms. The number of hydrogen-bond donors (Lipinski definition) is 3. The normalized spacial score (nSPS) is 12.4. The summed E-state index contributed by atoms with van der Waals surface area (Å²) in [6.07, 6.45) is 6.85. The summed E-state index contributed by atoms with van der Waals surface area (Å²) in [7, 11) is 0.162. The van der Waals surface area contributed by atoms with Gasteiger partial charge < -0.3 is 30.4 Å². The number of aromatic nitrogens is 7. The molecule has 15 heteroatoms. The van der Waals surface area contributed by atoms with Crippen molar-refractivity contribution in [3.05, 3.63) is 89.1 Å². The lowest BCUT2D eigenvalue weighted by molar-refractivity contribution is 0.0899. The van der Waals surface area contributed by atoms with Crippen LogP contribution in [0.3, 0.4) is 0 Å². The van der Waals surface area contributed by atoms with Gasteiger partial charge in [-0.2, -0.15) is 5.10 Å². The van der Waals surface area contributed by atoms with Crippen molar-refractivity contribution in [3.8, 4) is 22.7 Å². The van der Waals surface area contributed by atoms with Crippen LogP contribution in [0.4, 0.5) is 16.3 Å². The zero-order valence-corrected chi connectivity index (χ0v) is 29.4. The number of methoxy groups -OCH3 is 1. The number of nitrogens with zero attached hydrogens (tertiary/aromatic N) is 7. The number of hydrogen-bond acceptors (Lipinski definition) is 9. The highest BCUT2D eigenvalue weighted by molar-refractivity contribution is 6.76. The largest absolute Gasteiger partial charge is 0.480 e. The van der Waals surface area contributed by atoms with E-state index in [4.69, 9.17) is 20.3 Å². The lowest BCUT2D eigenvalue weighted by Gasteiger charge is -2.20. The molecule has 254 valence electrons. The van der Waals surface area contributed by atoms with Gasteiger partial charge in [-0.1, -0.05) is 37.8 Å². The number of amides is 2. The van der Waals surface area contributed by atoms with Crippen LogP contribution in [0.2, 0.25) is 25.7 Å². The molecule has 0 aliphatic carbocycles. The fourth-order valence-electron chi connectivity index (χ4n) is 5.68. The summed E-state index contributed by atoms with van der Waals surface area (Å²) in [6, 6.07) is 12.8. The number of carbonyl (C=O) groups is 1. The molecule has 0 saturated heterocycles. The van der Waals surface area contributed by atoms with E-state index < -0.39 is 20.1 Å². The number of nitrogens with two attached hydrogens (primary N) is 1. The molecule has 5 heterocycles. The summed E-state index contributed by atoms with van der Waals surface area (Å²) in [5, 5.41) is 11.7. The summed E-state index contributed by atoms with van der Waals surface area (Å²) < 4.78 is 16.7. The van der Waals surface area contributed by atoms with Gasteiger partial charge in [0.15, 0.2) is 5.82 Å². The molecule has 4 N–H and O–H groups in total. The van der Waals surface area contributed by atoms with Crippen molar-refractivity contribution >= 4 is 42.2 Å². The van der Waals surface area contributed by atoms with Crippen molar-refractivity contribution in [3.63, 3.8) is 0 Å². The molecule has 5 aromatic heterocycles. The highest BCUT2D eigenvalue weighted by Crippen LogP contribution is 2.37. The van der Waals surface area contributed by atoms with Crippen LogP contribution in [0.25, 0.3) is 33.4 Å². The minimum absolute atomic E-state index is 0.179. The molecule has 0 unspecified atom stereocenters. The third-order valence-electron chi connectivity index (χ3n) is 8.16. The first-order valence-corrected chi connectivity index (χ1v) is 19.6. The lowest BCUT2D eigenvalue weighted by Crippen LogP contribution is -2.29. The molecule has 2 amide bonds. The Morgan fingerprint density at radius 3 is 2.59 bits per heavy atom. The first kappa shape index (κ1) is 33.4. The number of carbonyl (C=O) groups excluding carboxylic acids is 1. The maximum Gasteiger partial charge on any atom is 0.316 e. The van der Waals surface area contributed by atoms with Crippen LogP contribution in [0.15, 0.2) is 72.2 Å². The van der Waals surface area contributed by atoms with Crippen LogP contribution >= 0.6 is 0 Å². The second kappa shape index (κ2) is 13.5.